The largest absolute Gasteiger partial charge is 0.505 e. The van der Waals surface area contributed by atoms with E-state index in [1.54, 1.807) is 13.0 Å². The minimum atomic E-state index is -4.90. The van der Waals surface area contributed by atoms with Gasteiger partial charge in [-0.1, -0.05) is 17.7 Å². The normalized spacial score (nSPS) is 12.3. The van der Waals surface area contributed by atoms with E-state index in [1.807, 2.05) is 0 Å². The zero-order valence-electron chi connectivity index (χ0n) is 17.6. The number of azo groups is 1. The van der Waals surface area contributed by atoms with Crippen LogP contribution in [0.2, 0.25) is 0 Å². The molecule has 0 aliphatic heterocycles. The first-order valence-corrected chi connectivity index (χ1v) is 12.3. The van der Waals surface area contributed by atoms with Gasteiger partial charge in [0.15, 0.2) is 11.5 Å². The fourth-order valence-electron chi connectivity index (χ4n) is 3.53. The minimum absolute atomic E-state index is 0. The van der Waals surface area contributed by atoms with Gasteiger partial charge in [0.25, 0.3) is 20.2 Å². The number of nitrogens with two attached hydrogens (primary N) is 1. The molecule has 11 nitrogen and oxygen atoms in total. The summed E-state index contributed by atoms with van der Waals surface area (Å²) in [4.78, 5) is -1.36. The van der Waals surface area contributed by atoms with E-state index in [9.17, 15) is 36.2 Å². The fourth-order valence-corrected chi connectivity index (χ4v) is 4.90. The molecule has 187 valence electrons. The van der Waals surface area contributed by atoms with Gasteiger partial charge in [0.2, 0.25) is 0 Å². The van der Waals surface area contributed by atoms with Crippen molar-refractivity contribution in [2.45, 2.75) is 16.7 Å². The maximum Gasteiger partial charge on any atom is 0.296 e. The first-order valence-electron chi connectivity index (χ1n) is 9.45. The first-order chi connectivity index (χ1) is 15.8. The maximum atomic E-state index is 12.0. The van der Waals surface area contributed by atoms with Crippen LogP contribution in [0.1, 0.15) is 5.56 Å². The Hall–Kier alpha value is -3.26. The predicted octanol–water partition coefficient (Wildman–Crippen LogP) is 4.20. The molecule has 0 aliphatic carbocycles. The first kappa shape index (κ1) is 26.3. The van der Waals surface area contributed by atoms with Crippen LogP contribution in [0.25, 0.3) is 21.5 Å². The molecule has 6 N–H and O–H groups in total. The molecule has 0 saturated heterocycles. The minimum Gasteiger partial charge on any atom is -0.505 e. The van der Waals surface area contributed by atoms with Crippen LogP contribution >= 0.6 is 0 Å². The van der Waals surface area contributed by atoms with E-state index in [1.165, 1.54) is 30.3 Å². The Morgan fingerprint density at radius 1 is 0.743 bits per heavy atom. The molecule has 0 saturated carbocycles. The number of phenolic OH excluding ortho intramolecular Hbond substituents is 2. The third kappa shape index (κ3) is 4.93. The number of anilines is 1. The standard InChI is InChI=1S/C21H17N3O8S2.Cu/c1-10-2-4-14-15(6-10)17(33(27,28)29)9-16(20(14)25)23-24-19-18(34(30,31)32)8-11-7-12(22)3-5-13(11)21(19)26;/h2-9,25-26H,22H2,1H3,(H,27,28,29)(H,30,31,32);. The third-order valence-electron chi connectivity index (χ3n) is 5.09. The monoisotopic (exact) mass is 566 g/mol. The third-order valence-corrected chi connectivity index (χ3v) is 6.86. The molecule has 14 heteroatoms. The molecule has 0 amide bonds. The molecular formula is C21H17CuN3O8S2. The van der Waals surface area contributed by atoms with Gasteiger partial charge < -0.3 is 15.9 Å². The second-order valence-electron chi connectivity index (χ2n) is 7.49. The summed E-state index contributed by atoms with van der Waals surface area (Å²) in [5, 5.41) is 29.1. The summed E-state index contributed by atoms with van der Waals surface area (Å²) >= 11 is 0. The van der Waals surface area contributed by atoms with E-state index < -0.39 is 52.9 Å². The van der Waals surface area contributed by atoms with Crippen LogP contribution in [0.3, 0.4) is 0 Å². The van der Waals surface area contributed by atoms with E-state index >= 15 is 0 Å². The summed E-state index contributed by atoms with van der Waals surface area (Å²) in [6.45, 7) is 1.69. The second-order valence-corrected chi connectivity index (χ2v) is 10.3. The number of nitrogen functional groups attached to an aromatic ring is 1. The van der Waals surface area contributed by atoms with Crippen molar-refractivity contribution in [1.82, 2.24) is 0 Å². The van der Waals surface area contributed by atoms with Gasteiger partial charge in [-0.15, -0.1) is 10.2 Å². The SMILES string of the molecule is Cc1ccc2c(O)c(N=Nc3c(S(=O)(=O)O)cc4cc(N)ccc4c3O)cc(S(=O)(=O)O)c2c1.[Cu]. The number of aromatic hydroxyl groups is 2. The Morgan fingerprint density at radius 3 is 2.00 bits per heavy atom. The molecule has 4 aromatic carbocycles. The Kier molecular flexibility index (Phi) is 6.83. The van der Waals surface area contributed by atoms with Gasteiger partial charge in [0, 0.05) is 38.9 Å². The molecule has 0 aromatic heterocycles. The summed E-state index contributed by atoms with van der Waals surface area (Å²) in [7, 11) is -9.65. The van der Waals surface area contributed by atoms with Crippen LogP contribution in [0.4, 0.5) is 17.1 Å². The van der Waals surface area contributed by atoms with Gasteiger partial charge in [0.1, 0.15) is 21.2 Å². The average molecular weight is 567 g/mol. The Morgan fingerprint density at radius 2 is 1.37 bits per heavy atom. The molecule has 0 fully saturated rings. The number of hydrogen-bond acceptors (Lipinski definition) is 9. The zero-order valence-corrected chi connectivity index (χ0v) is 20.2. The molecule has 0 heterocycles. The fraction of sp³-hybridized carbons (Fsp3) is 0.0476. The van der Waals surface area contributed by atoms with Crippen molar-refractivity contribution in [1.29, 1.82) is 0 Å². The molecule has 0 bridgehead atoms. The smallest absolute Gasteiger partial charge is 0.296 e. The number of aryl methyl sites for hydroxylation is 1. The molecule has 0 spiro atoms. The van der Waals surface area contributed by atoms with Crippen molar-refractivity contribution in [3.05, 3.63) is 54.1 Å². The van der Waals surface area contributed by atoms with Crippen molar-refractivity contribution in [2.24, 2.45) is 10.2 Å². The molecule has 4 rings (SSSR count). The van der Waals surface area contributed by atoms with Gasteiger partial charge in [-0.2, -0.15) is 16.8 Å². The molecule has 35 heavy (non-hydrogen) atoms. The van der Waals surface area contributed by atoms with Crippen LogP contribution in [0.15, 0.2) is 68.6 Å². The van der Waals surface area contributed by atoms with E-state index in [2.05, 4.69) is 10.2 Å². The summed E-state index contributed by atoms with van der Waals surface area (Å²) in [5.41, 5.74) is 5.53. The molecule has 4 aromatic rings. The topological polar surface area (TPSA) is 200 Å². The average Bonchev–Trinajstić information content (AvgIpc) is 2.72. The molecule has 0 unspecified atom stereocenters. The van der Waals surface area contributed by atoms with Gasteiger partial charge in [0.05, 0.1) is 0 Å². The van der Waals surface area contributed by atoms with Crippen LogP contribution in [-0.4, -0.2) is 36.2 Å². The van der Waals surface area contributed by atoms with Crippen molar-refractivity contribution in [2.75, 3.05) is 5.73 Å². The Labute approximate surface area is 209 Å². The van der Waals surface area contributed by atoms with Crippen molar-refractivity contribution in [3.63, 3.8) is 0 Å². The zero-order chi connectivity index (χ0) is 25.0. The van der Waals surface area contributed by atoms with Crippen molar-refractivity contribution >= 4 is 58.8 Å². The molecule has 1 radical (unpaired) electrons. The number of nitrogens with zero attached hydrogens (tertiary/aromatic N) is 2. The van der Waals surface area contributed by atoms with Gasteiger partial charge in [-0.25, -0.2) is 0 Å². The van der Waals surface area contributed by atoms with E-state index in [4.69, 9.17) is 5.73 Å². The summed E-state index contributed by atoms with van der Waals surface area (Å²) in [6, 6.07) is 10.5. The maximum absolute atomic E-state index is 12.0. The summed E-state index contributed by atoms with van der Waals surface area (Å²) in [5.74, 6) is -1.16. The number of benzene rings is 4. The van der Waals surface area contributed by atoms with E-state index in [-0.39, 0.29) is 44.3 Å². The molecule has 0 aliphatic rings. The Balaban J connectivity index is 0.00000342. The molecular weight excluding hydrogens is 550 g/mol. The van der Waals surface area contributed by atoms with Crippen molar-refractivity contribution in [3.8, 4) is 11.5 Å². The van der Waals surface area contributed by atoms with Crippen LogP contribution < -0.4 is 5.73 Å². The van der Waals surface area contributed by atoms with E-state index in [0.717, 1.165) is 12.1 Å². The summed E-state index contributed by atoms with van der Waals surface area (Å²) in [6.07, 6.45) is 0. The molecule has 0 atom stereocenters. The summed E-state index contributed by atoms with van der Waals surface area (Å²) < 4.78 is 67.1. The van der Waals surface area contributed by atoms with Gasteiger partial charge in [-0.3, -0.25) is 9.11 Å². The van der Waals surface area contributed by atoms with Crippen molar-refractivity contribution < 1.29 is 53.2 Å². The van der Waals surface area contributed by atoms with Gasteiger partial charge >= 0.3 is 0 Å². The second kappa shape index (κ2) is 9.07. The Bertz CT molecular complexity index is 1750. The van der Waals surface area contributed by atoms with Crippen LogP contribution in [-0.2, 0) is 37.3 Å². The van der Waals surface area contributed by atoms with Gasteiger partial charge in [-0.05, 0) is 48.7 Å². The van der Waals surface area contributed by atoms with E-state index in [0.29, 0.717) is 5.56 Å². The number of fused-ring (bicyclic) bond motifs is 2. The van der Waals surface area contributed by atoms with Crippen LogP contribution in [0.5, 0.6) is 11.5 Å². The quantitative estimate of drug-likeness (QED) is 0.104. The predicted molar refractivity (Wildman–Crippen MR) is 124 cm³/mol. The number of rotatable bonds is 4. The number of hydrogen-bond donors (Lipinski definition) is 5. The number of phenols is 2. The van der Waals surface area contributed by atoms with Crippen LogP contribution in [0, 0.1) is 6.92 Å².